The SMILES string of the molecule is CCOC(=O)C(=[N+]=[N-])C(=O)COc1ccc(C)cc1NC(=O)OC(C)(C)C. The Balaban J connectivity index is 2.89. The van der Waals surface area contributed by atoms with Gasteiger partial charge in [-0.25, -0.2) is 9.59 Å². The van der Waals surface area contributed by atoms with E-state index >= 15 is 0 Å². The van der Waals surface area contributed by atoms with Gasteiger partial charge in [-0.15, -0.1) is 0 Å². The Morgan fingerprint density at radius 1 is 1.22 bits per heavy atom. The normalized spacial score (nSPS) is 10.4. The number of benzene rings is 1. The van der Waals surface area contributed by atoms with Gasteiger partial charge in [0.1, 0.15) is 11.4 Å². The largest absolute Gasteiger partial charge is 0.483 e. The van der Waals surface area contributed by atoms with Crippen LogP contribution in [0.15, 0.2) is 18.2 Å². The van der Waals surface area contributed by atoms with Crippen molar-refractivity contribution >= 4 is 29.2 Å². The molecule has 0 saturated carbocycles. The number of nitrogens with zero attached hydrogens (tertiary/aromatic N) is 2. The molecule has 0 radical (unpaired) electrons. The summed E-state index contributed by atoms with van der Waals surface area (Å²) in [6, 6.07) is 4.90. The van der Waals surface area contributed by atoms with Gasteiger partial charge in [-0.1, -0.05) is 6.07 Å². The molecule has 0 aromatic heterocycles. The van der Waals surface area contributed by atoms with E-state index in [0.717, 1.165) is 5.56 Å². The number of ether oxygens (including phenoxy) is 3. The molecular weight excluding hydrogens is 354 g/mol. The second kappa shape index (κ2) is 9.49. The Bertz CT molecular complexity index is 776. The predicted molar refractivity (Wildman–Crippen MR) is 96.8 cm³/mol. The molecule has 0 atom stereocenters. The van der Waals surface area contributed by atoms with E-state index in [4.69, 9.17) is 15.0 Å². The van der Waals surface area contributed by atoms with Crippen molar-refractivity contribution in [2.24, 2.45) is 0 Å². The van der Waals surface area contributed by atoms with Crippen molar-refractivity contribution in [3.63, 3.8) is 0 Å². The molecule has 0 bridgehead atoms. The molecular formula is C18H23N3O6. The van der Waals surface area contributed by atoms with E-state index in [2.05, 4.69) is 14.8 Å². The summed E-state index contributed by atoms with van der Waals surface area (Å²) in [4.78, 5) is 38.2. The molecule has 9 nitrogen and oxygen atoms in total. The van der Waals surface area contributed by atoms with Crippen molar-refractivity contribution in [1.82, 2.24) is 0 Å². The number of hydrogen-bond acceptors (Lipinski definition) is 6. The van der Waals surface area contributed by atoms with Crippen LogP contribution >= 0.6 is 0 Å². The fourth-order valence-corrected chi connectivity index (χ4v) is 1.90. The summed E-state index contributed by atoms with van der Waals surface area (Å²) < 4.78 is 15.2. The van der Waals surface area contributed by atoms with Gasteiger partial charge in [0.25, 0.3) is 5.78 Å². The van der Waals surface area contributed by atoms with Crippen molar-refractivity contribution in [3.8, 4) is 5.75 Å². The van der Waals surface area contributed by atoms with Crippen LogP contribution in [0.3, 0.4) is 0 Å². The van der Waals surface area contributed by atoms with Gasteiger partial charge in [-0.3, -0.25) is 10.1 Å². The van der Waals surface area contributed by atoms with Gasteiger partial charge in [0.05, 0.1) is 12.3 Å². The third kappa shape index (κ3) is 7.29. The quantitative estimate of drug-likeness (QED) is 0.256. The number of hydrogen-bond donors (Lipinski definition) is 1. The maximum absolute atomic E-state index is 12.0. The number of ketones is 1. The summed E-state index contributed by atoms with van der Waals surface area (Å²) in [6.07, 6.45) is -0.687. The Morgan fingerprint density at radius 3 is 2.44 bits per heavy atom. The molecule has 1 aromatic carbocycles. The zero-order valence-electron chi connectivity index (χ0n) is 16.0. The second-order valence-corrected chi connectivity index (χ2v) is 6.51. The molecule has 1 aromatic rings. The van der Waals surface area contributed by atoms with Crippen molar-refractivity contribution in [1.29, 1.82) is 0 Å². The van der Waals surface area contributed by atoms with Crippen LogP contribution in [-0.4, -0.2) is 47.2 Å². The van der Waals surface area contributed by atoms with Crippen LogP contribution < -0.4 is 10.1 Å². The number of amides is 1. The third-order valence-corrected chi connectivity index (χ3v) is 2.96. The molecule has 1 rings (SSSR count). The van der Waals surface area contributed by atoms with E-state index in [1.54, 1.807) is 45.9 Å². The summed E-state index contributed by atoms with van der Waals surface area (Å²) in [5.74, 6) is -1.75. The van der Waals surface area contributed by atoms with Crippen molar-refractivity contribution in [2.75, 3.05) is 18.5 Å². The molecule has 146 valence electrons. The monoisotopic (exact) mass is 377 g/mol. The second-order valence-electron chi connectivity index (χ2n) is 6.51. The first-order chi connectivity index (χ1) is 12.6. The predicted octanol–water partition coefficient (Wildman–Crippen LogP) is 2.52. The smallest absolute Gasteiger partial charge is 0.445 e. The standard InChI is InChI=1S/C18H23N3O6/c1-6-25-16(23)15(21-19)13(22)10-26-14-8-7-11(2)9-12(14)20-17(24)27-18(3,4)5/h7-9H,6,10H2,1-5H3,(H,20,24). The van der Waals surface area contributed by atoms with Crippen LogP contribution in [-0.2, 0) is 19.1 Å². The van der Waals surface area contributed by atoms with E-state index < -0.39 is 35.8 Å². The van der Waals surface area contributed by atoms with Crippen LogP contribution in [0.5, 0.6) is 5.75 Å². The fraction of sp³-hybridized carbons (Fsp3) is 0.444. The van der Waals surface area contributed by atoms with Gasteiger partial charge < -0.3 is 19.7 Å². The molecule has 9 heteroatoms. The fourth-order valence-electron chi connectivity index (χ4n) is 1.90. The number of Topliss-reactive ketones (excluding diaryl/α,β-unsaturated/α-hetero) is 1. The van der Waals surface area contributed by atoms with Gasteiger partial charge in [0.15, 0.2) is 6.61 Å². The highest BCUT2D eigenvalue weighted by Gasteiger charge is 2.31. The Labute approximate surface area is 157 Å². The van der Waals surface area contributed by atoms with E-state index in [9.17, 15) is 14.4 Å². The molecule has 0 aliphatic heterocycles. The first-order valence-electron chi connectivity index (χ1n) is 8.23. The van der Waals surface area contributed by atoms with Crippen molar-refractivity contribution in [2.45, 2.75) is 40.2 Å². The molecule has 0 aliphatic rings. The van der Waals surface area contributed by atoms with Gasteiger partial charge in [-0.05, 0) is 52.3 Å². The number of anilines is 1. The van der Waals surface area contributed by atoms with Crippen molar-refractivity contribution in [3.05, 3.63) is 29.3 Å². The molecule has 0 aliphatic carbocycles. The molecule has 0 unspecified atom stereocenters. The van der Waals surface area contributed by atoms with E-state index in [0.29, 0.717) is 0 Å². The molecule has 0 heterocycles. The minimum Gasteiger partial charge on any atom is -0.483 e. The van der Waals surface area contributed by atoms with Crippen LogP contribution in [0, 0.1) is 6.92 Å². The number of nitrogens with one attached hydrogen (secondary N) is 1. The third-order valence-electron chi connectivity index (χ3n) is 2.96. The highest BCUT2D eigenvalue weighted by Crippen LogP contribution is 2.26. The summed E-state index contributed by atoms with van der Waals surface area (Å²) in [6.45, 7) is 7.97. The lowest BCUT2D eigenvalue weighted by Gasteiger charge is -2.20. The molecule has 0 saturated heterocycles. The molecule has 1 amide bonds. The summed E-state index contributed by atoms with van der Waals surface area (Å²) in [5, 5.41) is 2.55. The first-order valence-corrected chi connectivity index (χ1v) is 8.23. The number of rotatable bonds is 7. The van der Waals surface area contributed by atoms with Crippen LogP contribution in [0.4, 0.5) is 10.5 Å². The first kappa shape index (κ1) is 21.9. The summed E-state index contributed by atoms with van der Waals surface area (Å²) >= 11 is 0. The molecule has 1 N–H and O–H groups in total. The van der Waals surface area contributed by atoms with E-state index in [1.807, 2.05) is 6.92 Å². The van der Waals surface area contributed by atoms with E-state index in [1.165, 1.54) is 0 Å². The number of aryl methyl sites for hydroxylation is 1. The lowest BCUT2D eigenvalue weighted by Crippen LogP contribution is -2.31. The number of carbonyl (C=O) groups excluding carboxylic acids is 3. The molecule has 0 fully saturated rings. The van der Waals surface area contributed by atoms with E-state index in [-0.39, 0.29) is 18.0 Å². The lowest BCUT2D eigenvalue weighted by atomic mass is 10.2. The lowest BCUT2D eigenvalue weighted by molar-refractivity contribution is -0.142. The summed E-state index contributed by atoms with van der Waals surface area (Å²) in [7, 11) is 0. The average Bonchev–Trinajstić information content (AvgIpc) is 2.53. The van der Waals surface area contributed by atoms with Crippen LogP contribution in [0.2, 0.25) is 0 Å². The number of esters is 1. The van der Waals surface area contributed by atoms with Gasteiger partial charge in [0.2, 0.25) is 0 Å². The minimum absolute atomic E-state index is 0.0217. The summed E-state index contributed by atoms with van der Waals surface area (Å²) in [5.41, 5.74) is 8.51. The molecule has 27 heavy (non-hydrogen) atoms. The Morgan fingerprint density at radius 2 is 1.89 bits per heavy atom. The highest BCUT2D eigenvalue weighted by atomic mass is 16.6. The number of carbonyl (C=O) groups is 3. The maximum atomic E-state index is 12.0. The van der Waals surface area contributed by atoms with Crippen LogP contribution in [0.25, 0.3) is 5.53 Å². The minimum atomic E-state index is -1.05. The average molecular weight is 377 g/mol. The zero-order chi connectivity index (χ0) is 20.6. The van der Waals surface area contributed by atoms with Gasteiger partial charge in [0, 0.05) is 0 Å². The highest BCUT2D eigenvalue weighted by molar-refractivity contribution is 6.62. The van der Waals surface area contributed by atoms with Crippen molar-refractivity contribution < 1.29 is 33.4 Å². The van der Waals surface area contributed by atoms with Crippen LogP contribution in [0.1, 0.15) is 33.3 Å². The Kier molecular flexibility index (Phi) is 7.68. The topological polar surface area (TPSA) is 127 Å². The Hall–Kier alpha value is -3.19. The van der Waals surface area contributed by atoms with Gasteiger partial charge in [-0.2, -0.15) is 4.79 Å². The molecule has 0 spiro atoms. The zero-order valence-corrected chi connectivity index (χ0v) is 16.0. The van der Waals surface area contributed by atoms with Gasteiger partial charge >= 0.3 is 17.8 Å². The maximum Gasteiger partial charge on any atom is 0.445 e.